The molecule has 2 rings (SSSR count). The molecule has 0 bridgehead atoms. The number of thioether (sulfide) groups is 1. The minimum Gasteiger partial charge on any atom is -0.265 e. The summed E-state index contributed by atoms with van der Waals surface area (Å²) in [6.45, 7) is 2.14. The molecule has 0 saturated heterocycles. The highest BCUT2D eigenvalue weighted by Gasteiger charge is 2.04. The van der Waals surface area contributed by atoms with Crippen LogP contribution in [0.1, 0.15) is 13.3 Å². The molecule has 78 valence electrons. The number of hydrogen-bond donors (Lipinski definition) is 1. The molecule has 0 unspecified atom stereocenters. The second-order valence-corrected chi connectivity index (χ2v) is 4.11. The van der Waals surface area contributed by atoms with Crippen LogP contribution in [0.2, 0.25) is 0 Å². The van der Waals surface area contributed by atoms with Crippen molar-refractivity contribution in [1.29, 1.82) is 0 Å². The van der Waals surface area contributed by atoms with Crippen molar-refractivity contribution in [2.75, 3.05) is 5.75 Å². The molecule has 0 radical (unpaired) electrons. The Kier molecular flexibility index (Phi) is 3.34. The number of rotatable bonds is 4. The summed E-state index contributed by atoms with van der Waals surface area (Å²) in [5, 5.41) is 7.87. The molecule has 0 aliphatic heterocycles. The third-order valence-electron chi connectivity index (χ3n) is 1.85. The standard InChI is InChI=1S/C10H12N4S/c1-2-7-15-10-12-9(13-14-10)8-3-5-11-6-4-8/h3-6H,2,7H2,1H3,(H,12,13,14). The van der Waals surface area contributed by atoms with Gasteiger partial charge in [0, 0.05) is 23.7 Å². The molecule has 2 heterocycles. The molecular formula is C10H12N4S. The zero-order valence-corrected chi connectivity index (χ0v) is 9.29. The lowest BCUT2D eigenvalue weighted by molar-refractivity contribution is 0.968. The predicted octanol–water partition coefficient (Wildman–Crippen LogP) is 2.37. The van der Waals surface area contributed by atoms with Gasteiger partial charge < -0.3 is 0 Å². The number of nitrogens with one attached hydrogen (secondary N) is 1. The smallest absolute Gasteiger partial charge is 0.208 e. The van der Waals surface area contributed by atoms with Crippen LogP contribution in [0.4, 0.5) is 0 Å². The molecule has 0 aliphatic rings. The van der Waals surface area contributed by atoms with E-state index in [1.165, 1.54) is 0 Å². The average Bonchev–Trinajstić information content (AvgIpc) is 2.76. The van der Waals surface area contributed by atoms with Gasteiger partial charge in [0.2, 0.25) is 5.16 Å². The molecule has 0 aliphatic carbocycles. The molecule has 0 atom stereocenters. The summed E-state index contributed by atoms with van der Waals surface area (Å²) in [6, 6.07) is 3.82. The third-order valence-corrected chi connectivity index (χ3v) is 2.91. The van der Waals surface area contributed by atoms with E-state index in [0.29, 0.717) is 0 Å². The average molecular weight is 220 g/mol. The van der Waals surface area contributed by atoms with Crippen LogP contribution in [0.25, 0.3) is 11.4 Å². The summed E-state index contributed by atoms with van der Waals surface area (Å²) in [7, 11) is 0. The monoisotopic (exact) mass is 220 g/mol. The van der Waals surface area contributed by atoms with Crippen molar-refractivity contribution < 1.29 is 0 Å². The van der Waals surface area contributed by atoms with E-state index in [-0.39, 0.29) is 0 Å². The molecule has 0 saturated carbocycles. The fraction of sp³-hybridized carbons (Fsp3) is 0.300. The lowest BCUT2D eigenvalue weighted by Gasteiger charge is -1.92. The fourth-order valence-corrected chi connectivity index (χ4v) is 1.80. The van der Waals surface area contributed by atoms with Gasteiger partial charge in [-0.3, -0.25) is 10.1 Å². The Morgan fingerprint density at radius 3 is 2.87 bits per heavy atom. The van der Waals surface area contributed by atoms with Gasteiger partial charge in [0.25, 0.3) is 0 Å². The van der Waals surface area contributed by atoms with Crippen LogP contribution in [0.15, 0.2) is 29.7 Å². The van der Waals surface area contributed by atoms with Crippen molar-refractivity contribution >= 4 is 11.8 Å². The zero-order valence-electron chi connectivity index (χ0n) is 8.47. The summed E-state index contributed by atoms with van der Waals surface area (Å²) in [5.41, 5.74) is 1.01. The summed E-state index contributed by atoms with van der Waals surface area (Å²) in [6.07, 6.45) is 4.62. The van der Waals surface area contributed by atoms with E-state index in [1.54, 1.807) is 24.2 Å². The van der Waals surface area contributed by atoms with Gasteiger partial charge in [0.05, 0.1) is 0 Å². The molecule has 1 N–H and O–H groups in total. The van der Waals surface area contributed by atoms with Crippen molar-refractivity contribution in [3.05, 3.63) is 24.5 Å². The minimum absolute atomic E-state index is 0.802. The number of hydrogen-bond acceptors (Lipinski definition) is 4. The summed E-state index contributed by atoms with van der Waals surface area (Å²) >= 11 is 1.67. The first-order valence-electron chi connectivity index (χ1n) is 4.85. The van der Waals surface area contributed by atoms with E-state index in [9.17, 15) is 0 Å². The van der Waals surface area contributed by atoms with E-state index in [1.807, 2.05) is 12.1 Å². The minimum atomic E-state index is 0.802. The van der Waals surface area contributed by atoms with Crippen LogP contribution < -0.4 is 0 Å². The van der Waals surface area contributed by atoms with Crippen LogP contribution in [-0.4, -0.2) is 25.9 Å². The Labute approximate surface area is 92.5 Å². The van der Waals surface area contributed by atoms with Gasteiger partial charge in [0.1, 0.15) is 0 Å². The van der Waals surface area contributed by atoms with Gasteiger partial charge in [0.15, 0.2) is 5.82 Å². The van der Waals surface area contributed by atoms with Crippen molar-refractivity contribution in [3.8, 4) is 11.4 Å². The van der Waals surface area contributed by atoms with Crippen LogP contribution in [0, 0.1) is 0 Å². The van der Waals surface area contributed by atoms with Gasteiger partial charge in [-0.1, -0.05) is 18.7 Å². The first-order chi connectivity index (χ1) is 7.40. The van der Waals surface area contributed by atoms with Crippen molar-refractivity contribution in [3.63, 3.8) is 0 Å². The number of nitrogens with zero attached hydrogens (tertiary/aromatic N) is 3. The van der Waals surface area contributed by atoms with Gasteiger partial charge >= 0.3 is 0 Å². The normalized spacial score (nSPS) is 10.5. The van der Waals surface area contributed by atoms with Crippen molar-refractivity contribution in [1.82, 2.24) is 20.2 Å². The van der Waals surface area contributed by atoms with Crippen molar-refractivity contribution in [2.24, 2.45) is 0 Å². The molecule has 2 aromatic rings. The van der Waals surface area contributed by atoms with Crippen molar-refractivity contribution in [2.45, 2.75) is 18.5 Å². The summed E-state index contributed by atoms with van der Waals surface area (Å²) < 4.78 is 0. The second-order valence-electron chi connectivity index (χ2n) is 3.05. The number of pyridine rings is 1. The lowest BCUT2D eigenvalue weighted by atomic mass is 10.3. The van der Waals surface area contributed by atoms with Crippen LogP contribution >= 0.6 is 11.8 Å². The fourth-order valence-electron chi connectivity index (χ4n) is 1.14. The lowest BCUT2D eigenvalue weighted by Crippen LogP contribution is -1.80. The maximum absolute atomic E-state index is 4.39. The number of aromatic nitrogens is 4. The maximum atomic E-state index is 4.39. The van der Waals surface area contributed by atoms with Gasteiger partial charge in [-0.25, -0.2) is 4.98 Å². The Hall–Kier alpha value is -1.36. The quantitative estimate of drug-likeness (QED) is 0.804. The summed E-state index contributed by atoms with van der Waals surface area (Å²) in [5.74, 6) is 1.85. The molecule has 0 aromatic carbocycles. The van der Waals surface area contributed by atoms with E-state index in [2.05, 4.69) is 27.1 Å². The largest absolute Gasteiger partial charge is 0.265 e. The molecular weight excluding hydrogens is 208 g/mol. The zero-order chi connectivity index (χ0) is 10.5. The maximum Gasteiger partial charge on any atom is 0.208 e. The first kappa shape index (κ1) is 10.2. The Balaban J connectivity index is 2.14. The molecule has 15 heavy (non-hydrogen) atoms. The van der Waals surface area contributed by atoms with Crippen LogP contribution in [0.5, 0.6) is 0 Å². The molecule has 0 spiro atoms. The third kappa shape index (κ3) is 2.56. The molecule has 0 fully saturated rings. The Morgan fingerprint density at radius 2 is 2.13 bits per heavy atom. The van der Waals surface area contributed by atoms with E-state index in [0.717, 1.165) is 28.7 Å². The van der Waals surface area contributed by atoms with Gasteiger partial charge in [-0.2, -0.15) is 0 Å². The summed E-state index contributed by atoms with van der Waals surface area (Å²) in [4.78, 5) is 8.35. The highest BCUT2D eigenvalue weighted by molar-refractivity contribution is 7.99. The Morgan fingerprint density at radius 1 is 1.33 bits per heavy atom. The molecule has 0 amide bonds. The molecule has 5 heteroatoms. The van der Waals surface area contributed by atoms with E-state index in [4.69, 9.17) is 0 Å². The molecule has 2 aromatic heterocycles. The van der Waals surface area contributed by atoms with Crippen LogP contribution in [0.3, 0.4) is 0 Å². The highest BCUT2D eigenvalue weighted by atomic mass is 32.2. The predicted molar refractivity (Wildman–Crippen MR) is 60.6 cm³/mol. The van der Waals surface area contributed by atoms with Gasteiger partial charge in [-0.05, 0) is 18.6 Å². The SMILES string of the molecule is CCCSc1n[nH]c(-c2ccncc2)n1. The first-order valence-corrected chi connectivity index (χ1v) is 5.84. The topological polar surface area (TPSA) is 54.5 Å². The van der Waals surface area contributed by atoms with E-state index >= 15 is 0 Å². The van der Waals surface area contributed by atoms with E-state index < -0.39 is 0 Å². The number of H-pyrrole nitrogens is 1. The second kappa shape index (κ2) is 4.93. The van der Waals surface area contributed by atoms with Gasteiger partial charge in [-0.15, -0.1) is 5.10 Å². The van der Waals surface area contributed by atoms with Crippen LogP contribution in [-0.2, 0) is 0 Å². The highest BCUT2D eigenvalue weighted by Crippen LogP contribution is 2.18. The number of aromatic amines is 1. The molecule has 4 nitrogen and oxygen atoms in total. The Bertz CT molecular complexity index is 412.